The van der Waals surface area contributed by atoms with Crippen LogP contribution in [0.5, 0.6) is 0 Å². The molecule has 3 rings (SSSR count). The molecular weight excluding hydrogens is 460 g/mol. The Morgan fingerprint density at radius 1 is 1.19 bits per heavy atom. The molecule has 1 fully saturated rings. The van der Waals surface area contributed by atoms with Crippen LogP contribution in [0.25, 0.3) is 0 Å². The molecule has 0 aromatic heterocycles. The molecule has 1 aliphatic heterocycles. The van der Waals surface area contributed by atoms with Crippen LogP contribution >= 0.6 is 31.9 Å². The SMILES string of the molecule is CCc1cc(Br)cc(C)c1NC(=O)[C@@H]1CC(=O)N(c2ccc(Br)cc2)C1. The maximum absolute atomic E-state index is 12.8. The molecule has 26 heavy (non-hydrogen) atoms. The second-order valence-electron chi connectivity index (χ2n) is 6.48. The number of benzene rings is 2. The highest BCUT2D eigenvalue weighted by Gasteiger charge is 2.35. The normalized spacial score (nSPS) is 16.8. The van der Waals surface area contributed by atoms with E-state index in [-0.39, 0.29) is 24.2 Å². The smallest absolute Gasteiger partial charge is 0.229 e. The van der Waals surface area contributed by atoms with Gasteiger partial charge < -0.3 is 10.2 Å². The highest BCUT2D eigenvalue weighted by molar-refractivity contribution is 9.10. The molecule has 1 heterocycles. The summed E-state index contributed by atoms with van der Waals surface area (Å²) in [6.07, 6.45) is 1.06. The molecule has 136 valence electrons. The van der Waals surface area contributed by atoms with Gasteiger partial charge in [0, 0.05) is 33.3 Å². The Labute approximate surface area is 170 Å². The lowest BCUT2D eigenvalue weighted by Crippen LogP contribution is -2.28. The molecule has 1 atom stereocenters. The first-order valence-corrected chi connectivity index (χ1v) is 10.1. The fourth-order valence-corrected chi connectivity index (χ4v) is 4.13. The number of carbonyl (C=O) groups excluding carboxylic acids is 2. The van der Waals surface area contributed by atoms with E-state index in [9.17, 15) is 9.59 Å². The third-order valence-corrected chi connectivity index (χ3v) is 5.63. The van der Waals surface area contributed by atoms with Crippen molar-refractivity contribution >= 4 is 55.0 Å². The van der Waals surface area contributed by atoms with Crippen molar-refractivity contribution in [2.45, 2.75) is 26.7 Å². The van der Waals surface area contributed by atoms with Crippen LogP contribution in [0.15, 0.2) is 45.3 Å². The molecule has 6 heteroatoms. The van der Waals surface area contributed by atoms with Crippen molar-refractivity contribution in [1.29, 1.82) is 0 Å². The Morgan fingerprint density at radius 3 is 2.54 bits per heavy atom. The minimum Gasteiger partial charge on any atom is -0.325 e. The van der Waals surface area contributed by atoms with Gasteiger partial charge in [-0.1, -0.05) is 38.8 Å². The maximum atomic E-state index is 12.8. The monoisotopic (exact) mass is 478 g/mol. The Bertz CT molecular complexity index is 850. The summed E-state index contributed by atoms with van der Waals surface area (Å²) in [6, 6.07) is 11.6. The Morgan fingerprint density at radius 2 is 1.88 bits per heavy atom. The van der Waals surface area contributed by atoms with E-state index >= 15 is 0 Å². The van der Waals surface area contributed by atoms with E-state index in [1.165, 1.54) is 0 Å². The Kier molecular flexibility index (Phi) is 5.82. The molecule has 1 N–H and O–H groups in total. The zero-order valence-corrected chi connectivity index (χ0v) is 17.9. The van der Waals surface area contributed by atoms with Gasteiger partial charge in [0.1, 0.15) is 0 Å². The van der Waals surface area contributed by atoms with Crippen molar-refractivity contribution in [3.8, 4) is 0 Å². The first-order chi connectivity index (χ1) is 12.4. The quantitative estimate of drug-likeness (QED) is 0.665. The molecule has 2 aromatic carbocycles. The van der Waals surface area contributed by atoms with E-state index < -0.39 is 0 Å². The van der Waals surface area contributed by atoms with E-state index in [0.717, 1.165) is 37.9 Å². The van der Waals surface area contributed by atoms with E-state index in [2.05, 4.69) is 44.1 Å². The molecule has 1 saturated heterocycles. The highest BCUT2D eigenvalue weighted by Crippen LogP contribution is 2.30. The van der Waals surface area contributed by atoms with Gasteiger partial charge in [0.25, 0.3) is 0 Å². The van der Waals surface area contributed by atoms with E-state index in [1.807, 2.05) is 43.3 Å². The van der Waals surface area contributed by atoms with Crippen LogP contribution in [0.3, 0.4) is 0 Å². The minimum absolute atomic E-state index is 0.0179. The summed E-state index contributed by atoms with van der Waals surface area (Å²) >= 11 is 6.90. The molecule has 0 radical (unpaired) electrons. The standard InChI is InChI=1S/C20H20Br2N2O2/c1-3-13-9-16(22)8-12(2)19(13)23-20(26)14-10-18(25)24(11-14)17-6-4-15(21)5-7-17/h4-9,14H,3,10-11H2,1-2H3,(H,23,26)/t14-/m1/s1. The van der Waals surface area contributed by atoms with Crippen molar-refractivity contribution in [1.82, 2.24) is 0 Å². The van der Waals surface area contributed by atoms with Gasteiger partial charge in [-0.15, -0.1) is 0 Å². The van der Waals surface area contributed by atoms with Crippen LogP contribution in [-0.2, 0) is 16.0 Å². The van der Waals surface area contributed by atoms with Crippen molar-refractivity contribution in [3.05, 3.63) is 56.5 Å². The number of nitrogens with one attached hydrogen (secondary N) is 1. The number of hydrogen-bond donors (Lipinski definition) is 1. The summed E-state index contributed by atoms with van der Waals surface area (Å²) in [5.74, 6) is -0.465. The fourth-order valence-electron chi connectivity index (χ4n) is 3.25. The first-order valence-electron chi connectivity index (χ1n) is 8.55. The Hall–Kier alpha value is -1.66. The molecule has 0 bridgehead atoms. The van der Waals surface area contributed by atoms with Gasteiger partial charge in [0.2, 0.25) is 11.8 Å². The molecule has 0 aliphatic carbocycles. The summed E-state index contributed by atoms with van der Waals surface area (Å²) in [5, 5.41) is 3.05. The predicted octanol–water partition coefficient (Wildman–Crippen LogP) is 5.07. The number of anilines is 2. The number of carbonyl (C=O) groups is 2. The average molecular weight is 480 g/mol. The summed E-state index contributed by atoms with van der Waals surface area (Å²) in [7, 11) is 0. The van der Waals surface area contributed by atoms with Gasteiger partial charge in [-0.05, 0) is 60.9 Å². The molecule has 0 saturated carbocycles. The first kappa shape index (κ1) is 19.1. The number of hydrogen-bond acceptors (Lipinski definition) is 2. The third-order valence-electron chi connectivity index (χ3n) is 4.65. The summed E-state index contributed by atoms with van der Waals surface area (Å²) in [4.78, 5) is 26.9. The van der Waals surface area contributed by atoms with E-state index in [0.29, 0.717) is 6.54 Å². The lowest BCUT2D eigenvalue weighted by atomic mass is 10.0. The van der Waals surface area contributed by atoms with E-state index in [4.69, 9.17) is 0 Å². The van der Waals surface area contributed by atoms with Crippen LogP contribution in [0.4, 0.5) is 11.4 Å². The van der Waals surface area contributed by atoms with Crippen LogP contribution in [0, 0.1) is 12.8 Å². The number of amides is 2. The summed E-state index contributed by atoms with van der Waals surface area (Å²) < 4.78 is 1.96. The van der Waals surface area contributed by atoms with Crippen molar-refractivity contribution < 1.29 is 9.59 Å². The van der Waals surface area contributed by atoms with Crippen LogP contribution < -0.4 is 10.2 Å². The molecular formula is C20H20Br2N2O2. The van der Waals surface area contributed by atoms with Gasteiger partial charge in [-0.25, -0.2) is 0 Å². The molecule has 1 aliphatic rings. The summed E-state index contributed by atoms with van der Waals surface area (Å²) in [6.45, 7) is 4.45. The number of halogens is 2. The zero-order chi connectivity index (χ0) is 18.8. The lowest BCUT2D eigenvalue weighted by Gasteiger charge is -2.18. The third kappa shape index (κ3) is 4.01. The second kappa shape index (κ2) is 7.92. The molecule has 2 aromatic rings. The van der Waals surface area contributed by atoms with Crippen molar-refractivity contribution in [2.24, 2.45) is 5.92 Å². The fraction of sp³-hybridized carbons (Fsp3) is 0.300. The summed E-state index contributed by atoms with van der Waals surface area (Å²) in [5.41, 5.74) is 3.77. The molecule has 0 unspecified atom stereocenters. The van der Waals surface area contributed by atoms with Gasteiger partial charge in [-0.3, -0.25) is 9.59 Å². The molecule has 0 spiro atoms. The molecule has 2 amide bonds. The zero-order valence-electron chi connectivity index (χ0n) is 14.7. The number of rotatable bonds is 4. The number of aryl methyl sites for hydroxylation is 2. The van der Waals surface area contributed by atoms with Gasteiger partial charge in [0.05, 0.1) is 5.92 Å². The average Bonchev–Trinajstić information content (AvgIpc) is 2.99. The number of nitrogens with zero attached hydrogens (tertiary/aromatic N) is 1. The van der Waals surface area contributed by atoms with Crippen molar-refractivity contribution in [3.63, 3.8) is 0 Å². The maximum Gasteiger partial charge on any atom is 0.229 e. The van der Waals surface area contributed by atoms with Gasteiger partial charge in [0.15, 0.2) is 0 Å². The topological polar surface area (TPSA) is 49.4 Å². The van der Waals surface area contributed by atoms with Gasteiger partial charge >= 0.3 is 0 Å². The molecule has 4 nitrogen and oxygen atoms in total. The van der Waals surface area contributed by atoms with Crippen LogP contribution in [0.1, 0.15) is 24.5 Å². The highest BCUT2D eigenvalue weighted by atomic mass is 79.9. The van der Waals surface area contributed by atoms with Crippen LogP contribution in [0.2, 0.25) is 0 Å². The predicted molar refractivity (Wildman–Crippen MR) is 111 cm³/mol. The van der Waals surface area contributed by atoms with Crippen LogP contribution in [-0.4, -0.2) is 18.4 Å². The lowest BCUT2D eigenvalue weighted by molar-refractivity contribution is -0.122. The largest absolute Gasteiger partial charge is 0.325 e. The Balaban J connectivity index is 1.76. The van der Waals surface area contributed by atoms with E-state index in [1.54, 1.807) is 4.90 Å². The van der Waals surface area contributed by atoms with Gasteiger partial charge in [-0.2, -0.15) is 0 Å². The minimum atomic E-state index is -0.348. The van der Waals surface area contributed by atoms with Crippen molar-refractivity contribution in [2.75, 3.05) is 16.8 Å². The second-order valence-corrected chi connectivity index (χ2v) is 8.31.